The van der Waals surface area contributed by atoms with Gasteiger partial charge in [-0.25, -0.2) is 29.1 Å². The van der Waals surface area contributed by atoms with Crippen molar-refractivity contribution in [3.63, 3.8) is 0 Å². The van der Waals surface area contributed by atoms with E-state index in [4.69, 9.17) is 44.5 Å². The highest BCUT2D eigenvalue weighted by molar-refractivity contribution is 7.47. The van der Waals surface area contributed by atoms with Crippen molar-refractivity contribution in [3.8, 4) is 0 Å². The molecule has 23 nitrogen and oxygen atoms in total. The summed E-state index contributed by atoms with van der Waals surface area (Å²) < 4.78 is 61.1. The summed E-state index contributed by atoms with van der Waals surface area (Å²) in [5.74, 6) is -0.328. The average molecular weight is 700 g/mol. The summed E-state index contributed by atoms with van der Waals surface area (Å²) in [4.78, 5) is 64.2. The number of nitrogens with zero attached hydrogens (tertiary/aromatic N) is 7. The Labute approximate surface area is 260 Å². The Bertz CT molecular complexity index is 2050. The van der Waals surface area contributed by atoms with E-state index in [-0.39, 0.29) is 28.8 Å². The highest BCUT2D eigenvalue weighted by atomic mass is 31.2. The molecule has 0 amide bonds. The molecule has 0 aromatic carbocycles. The smallest absolute Gasteiger partial charge is 0.387 e. The van der Waals surface area contributed by atoms with Crippen molar-refractivity contribution in [3.05, 3.63) is 29.3 Å². The number of nitrogens with two attached hydrogens (primary N) is 2. The number of phosphoric ester groups is 2. The number of imidazole rings is 2. The molecular weight excluding hydrogens is 674 g/mol. The van der Waals surface area contributed by atoms with Gasteiger partial charge in [-0.15, -0.1) is 0 Å². The van der Waals surface area contributed by atoms with Gasteiger partial charge in [0.05, 0.1) is 32.0 Å². The van der Waals surface area contributed by atoms with Crippen LogP contribution in [0.1, 0.15) is 18.9 Å². The SMILES string of the molecule is Nc1nc2c(ncn2C2OC(COP(=O)(O)O)C(O)C2OP(=O)(O)OCC23OC(n4cnc5c(N)ncnc54)C4O[C@H]2CC43)c(=O)[nH]1. The predicted octanol–water partition coefficient (Wildman–Crippen LogP) is -1.95. The highest BCUT2D eigenvalue weighted by Gasteiger charge is 2.75. The Morgan fingerprint density at radius 1 is 1.02 bits per heavy atom. The molecule has 4 aliphatic heterocycles. The number of ether oxygens (including phenoxy) is 3. The molecule has 4 bridgehead atoms. The number of fused-ring (bicyclic) bond motifs is 2. The largest absolute Gasteiger partial charge is 0.472 e. The van der Waals surface area contributed by atoms with Gasteiger partial charge in [-0.05, 0) is 6.42 Å². The number of aliphatic hydroxyl groups is 1. The van der Waals surface area contributed by atoms with E-state index in [0.29, 0.717) is 17.6 Å². The van der Waals surface area contributed by atoms with Crippen LogP contribution in [0.5, 0.6) is 0 Å². The monoisotopic (exact) mass is 700 g/mol. The molecule has 25 heteroatoms. The van der Waals surface area contributed by atoms with Gasteiger partial charge in [-0.3, -0.25) is 32.5 Å². The molecule has 0 radical (unpaired) electrons. The van der Waals surface area contributed by atoms with Crippen molar-refractivity contribution in [1.82, 2.24) is 39.0 Å². The van der Waals surface area contributed by atoms with Crippen LogP contribution in [-0.4, -0.2) is 108 Å². The number of rotatable bonds is 10. The summed E-state index contributed by atoms with van der Waals surface area (Å²) in [5.41, 5.74) is 10.2. The lowest BCUT2D eigenvalue weighted by atomic mass is 9.69. The van der Waals surface area contributed by atoms with E-state index in [2.05, 4.69) is 34.4 Å². The molecule has 9 rings (SSSR count). The quantitative estimate of drug-likeness (QED) is 0.0884. The molecule has 1 saturated carbocycles. The molecule has 5 fully saturated rings. The minimum Gasteiger partial charge on any atom is -0.387 e. The van der Waals surface area contributed by atoms with Crippen molar-refractivity contribution in [2.45, 2.75) is 55.0 Å². The molecule has 4 saturated heterocycles. The summed E-state index contributed by atoms with van der Waals surface area (Å²) in [6.07, 6.45) is -3.71. The van der Waals surface area contributed by atoms with Crippen molar-refractivity contribution in [2.24, 2.45) is 5.92 Å². The number of nitrogen functional groups attached to an aromatic ring is 2. The number of aromatic nitrogens is 8. The van der Waals surface area contributed by atoms with Gasteiger partial charge in [0.2, 0.25) is 5.95 Å². The summed E-state index contributed by atoms with van der Waals surface area (Å²) in [6, 6.07) is 0. The van der Waals surface area contributed by atoms with E-state index in [9.17, 15) is 23.9 Å². The molecule has 10 atom stereocenters. The summed E-state index contributed by atoms with van der Waals surface area (Å²) in [7, 11) is -10.1. The molecule has 0 spiro atoms. The number of hydrogen-bond acceptors (Lipinski definition) is 17. The molecule has 4 aromatic rings. The van der Waals surface area contributed by atoms with Gasteiger partial charge in [0, 0.05) is 5.92 Å². The Morgan fingerprint density at radius 2 is 1.77 bits per heavy atom. The number of hydrogen-bond donors (Lipinski definition) is 7. The van der Waals surface area contributed by atoms with Gasteiger partial charge < -0.3 is 45.5 Å². The number of aromatic amines is 1. The second-order valence-corrected chi connectivity index (χ2v) is 14.1. The van der Waals surface area contributed by atoms with Crippen molar-refractivity contribution in [1.29, 1.82) is 0 Å². The van der Waals surface area contributed by atoms with Gasteiger partial charge >= 0.3 is 15.6 Å². The van der Waals surface area contributed by atoms with Crippen LogP contribution in [0, 0.1) is 5.92 Å². The van der Waals surface area contributed by atoms with Crippen LogP contribution in [0.15, 0.2) is 23.8 Å². The van der Waals surface area contributed by atoms with Crippen molar-refractivity contribution >= 4 is 49.7 Å². The van der Waals surface area contributed by atoms with Crippen LogP contribution < -0.4 is 17.0 Å². The molecule has 4 aromatic heterocycles. The molecule has 9 unspecified atom stereocenters. The fourth-order valence-electron chi connectivity index (χ4n) is 6.66. The van der Waals surface area contributed by atoms with Crippen LogP contribution in [0.2, 0.25) is 0 Å². The lowest BCUT2D eigenvalue weighted by Crippen LogP contribution is -2.57. The third-order valence-electron chi connectivity index (χ3n) is 8.79. The molecule has 47 heavy (non-hydrogen) atoms. The lowest BCUT2D eigenvalue weighted by Gasteiger charge is -2.44. The number of aliphatic hydroxyl groups excluding tert-OH is 1. The number of anilines is 2. The van der Waals surface area contributed by atoms with Crippen molar-refractivity contribution in [2.75, 3.05) is 24.7 Å². The fraction of sp³-hybridized carbons (Fsp3) is 0.545. The van der Waals surface area contributed by atoms with Gasteiger partial charge in [0.1, 0.15) is 41.9 Å². The minimum atomic E-state index is -5.07. The maximum absolute atomic E-state index is 13.4. The standard InChI is InChI=1S/C22H26N10O13P2/c23-15-10-16(26-4-25-15)31(5-27-10)20-13-7-1-9(43-13)22(7,44-20)3-41-47(38,39)45-14-12(33)8(2-40-46(35,36)37)42-19(14)32-6-28-11-17(32)29-21(24)30-18(11)34/h4-9,12-14,19-20,33H,1-3H2,(H,38,39)(H2,23,25,26)(H2,35,36,37)(H3,24,29,30,34)/t7?,8?,9-,12?,13?,14?,19?,20?,22?/m0/s1. The fourth-order valence-corrected chi connectivity index (χ4v) is 7.97. The van der Waals surface area contributed by atoms with Crippen LogP contribution in [0.4, 0.5) is 11.8 Å². The molecule has 5 aliphatic rings. The van der Waals surface area contributed by atoms with Crippen molar-refractivity contribution < 1.29 is 56.7 Å². The maximum atomic E-state index is 13.4. The Balaban J connectivity index is 1.03. The van der Waals surface area contributed by atoms with E-state index in [1.54, 1.807) is 4.57 Å². The van der Waals surface area contributed by atoms with Gasteiger partial charge in [0.25, 0.3) is 5.56 Å². The maximum Gasteiger partial charge on any atom is 0.472 e. The van der Waals surface area contributed by atoms with Crippen LogP contribution in [0.25, 0.3) is 22.3 Å². The molecule has 252 valence electrons. The first kappa shape index (κ1) is 30.9. The Hall–Kier alpha value is -3.44. The highest BCUT2D eigenvalue weighted by Crippen LogP contribution is 2.65. The summed E-state index contributed by atoms with van der Waals surface area (Å²) >= 11 is 0. The normalized spacial score (nSPS) is 34.3. The van der Waals surface area contributed by atoms with Gasteiger partial charge in [-0.2, -0.15) is 4.98 Å². The Morgan fingerprint density at radius 3 is 2.53 bits per heavy atom. The topological polar surface area (TPSA) is 330 Å². The second-order valence-electron chi connectivity index (χ2n) is 11.4. The zero-order valence-electron chi connectivity index (χ0n) is 23.6. The summed E-state index contributed by atoms with van der Waals surface area (Å²) in [5, 5.41) is 11.0. The summed E-state index contributed by atoms with van der Waals surface area (Å²) in [6.45, 7) is -1.30. The van der Waals surface area contributed by atoms with Crippen LogP contribution in [0.3, 0.4) is 0 Å². The second kappa shape index (κ2) is 10.5. The number of H-pyrrole nitrogens is 1. The number of nitrogens with one attached hydrogen (secondary N) is 1. The zero-order chi connectivity index (χ0) is 33.0. The predicted molar refractivity (Wildman–Crippen MR) is 150 cm³/mol. The van der Waals surface area contributed by atoms with E-state index >= 15 is 0 Å². The lowest BCUT2D eigenvalue weighted by molar-refractivity contribution is -0.238. The van der Waals surface area contributed by atoms with Crippen LogP contribution >= 0.6 is 15.6 Å². The van der Waals surface area contributed by atoms with Crippen LogP contribution in [-0.2, 0) is 36.9 Å². The third kappa shape index (κ3) is 4.90. The van der Waals surface area contributed by atoms with E-state index < -0.39 is 83.0 Å². The molecule has 9 N–H and O–H groups in total. The number of phosphoric acid groups is 2. The first-order chi connectivity index (χ1) is 22.2. The average Bonchev–Trinajstić information content (AvgIpc) is 3.82. The Kier molecular flexibility index (Phi) is 6.91. The van der Waals surface area contributed by atoms with Gasteiger partial charge in [-0.1, -0.05) is 0 Å². The van der Waals surface area contributed by atoms with E-state index in [1.165, 1.54) is 12.7 Å². The van der Waals surface area contributed by atoms with E-state index in [0.717, 1.165) is 10.9 Å². The third-order valence-corrected chi connectivity index (χ3v) is 10.2. The molecular formula is C22H26N10O13P2. The molecule has 8 heterocycles. The molecule has 1 aliphatic carbocycles. The van der Waals surface area contributed by atoms with Gasteiger partial charge in [0.15, 0.2) is 35.1 Å². The zero-order valence-corrected chi connectivity index (χ0v) is 25.4. The first-order valence-corrected chi connectivity index (χ1v) is 17.0. The first-order valence-electron chi connectivity index (χ1n) is 13.9. The van der Waals surface area contributed by atoms with E-state index in [1.807, 2.05) is 0 Å². The minimum absolute atomic E-state index is 0.139.